The number of halogens is 1. The number of nitro benzene ring substituents is 1. The molecule has 3 aromatic carbocycles. The van der Waals surface area contributed by atoms with E-state index < -0.39 is 16.6 Å². The van der Waals surface area contributed by atoms with Gasteiger partial charge in [0.2, 0.25) is 5.91 Å². The number of rotatable bonds is 6. The number of para-hydroxylation sites is 1. The minimum atomic E-state index is -0.733. The smallest absolute Gasteiger partial charge is 0.293 e. The number of carbonyl (C=O) groups is 2. The van der Waals surface area contributed by atoms with Crippen molar-refractivity contribution >= 4 is 40.3 Å². The van der Waals surface area contributed by atoms with Crippen molar-refractivity contribution in [1.29, 1.82) is 0 Å². The molecule has 8 nitrogen and oxygen atoms in total. The maximum Gasteiger partial charge on any atom is 0.293 e. The number of hydrogen-bond donors (Lipinski definition) is 3. The Kier molecular flexibility index (Phi) is 6.02. The van der Waals surface area contributed by atoms with Crippen molar-refractivity contribution in [2.24, 2.45) is 0 Å². The molecule has 0 aliphatic rings. The van der Waals surface area contributed by atoms with Gasteiger partial charge < -0.3 is 16.0 Å². The summed E-state index contributed by atoms with van der Waals surface area (Å²) < 4.78 is 14.1. The highest BCUT2D eigenvalue weighted by Crippen LogP contribution is 2.29. The lowest BCUT2D eigenvalue weighted by atomic mass is 10.1. The average Bonchev–Trinajstić information content (AvgIpc) is 2.71. The van der Waals surface area contributed by atoms with Crippen molar-refractivity contribution in [3.8, 4) is 0 Å². The number of amides is 2. The Labute approximate surface area is 170 Å². The molecular formula is C21H17FN4O4. The Morgan fingerprint density at radius 3 is 2.30 bits per heavy atom. The first kappa shape index (κ1) is 20.5. The molecule has 30 heavy (non-hydrogen) atoms. The summed E-state index contributed by atoms with van der Waals surface area (Å²) in [6.45, 7) is 1.30. The van der Waals surface area contributed by atoms with Crippen LogP contribution in [0.5, 0.6) is 0 Å². The van der Waals surface area contributed by atoms with Crippen molar-refractivity contribution < 1.29 is 18.9 Å². The van der Waals surface area contributed by atoms with Crippen molar-refractivity contribution in [2.45, 2.75) is 6.92 Å². The van der Waals surface area contributed by atoms with E-state index in [9.17, 15) is 24.1 Å². The van der Waals surface area contributed by atoms with Gasteiger partial charge in [-0.1, -0.05) is 18.2 Å². The minimum Gasteiger partial charge on any atom is -0.350 e. The number of hydrogen-bond acceptors (Lipinski definition) is 5. The fraction of sp³-hybridized carbons (Fsp3) is 0.0476. The number of anilines is 4. The summed E-state index contributed by atoms with van der Waals surface area (Å²) >= 11 is 0. The first-order chi connectivity index (χ1) is 14.3. The highest BCUT2D eigenvalue weighted by atomic mass is 19.1. The number of benzene rings is 3. The second-order valence-electron chi connectivity index (χ2n) is 6.31. The molecule has 3 aromatic rings. The Morgan fingerprint density at radius 1 is 0.900 bits per heavy atom. The molecule has 0 aliphatic heterocycles. The normalized spacial score (nSPS) is 10.2. The fourth-order valence-electron chi connectivity index (χ4n) is 2.70. The monoisotopic (exact) mass is 408 g/mol. The second-order valence-corrected chi connectivity index (χ2v) is 6.31. The number of nitro groups is 1. The van der Waals surface area contributed by atoms with E-state index in [1.54, 1.807) is 24.3 Å². The molecule has 0 bridgehead atoms. The van der Waals surface area contributed by atoms with E-state index in [4.69, 9.17) is 0 Å². The number of nitrogens with zero attached hydrogens (tertiary/aromatic N) is 1. The van der Waals surface area contributed by atoms with Crippen LogP contribution in [0.3, 0.4) is 0 Å². The molecule has 152 valence electrons. The molecule has 0 unspecified atom stereocenters. The largest absolute Gasteiger partial charge is 0.350 e. The molecular weight excluding hydrogens is 391 g/mol. The summed E-state index contributed by atoms with van der Waals surface area (Å²) in [5, 5.41) is 19.3. The van der Waals surface area contributed by atoms with E-state index in [0.717, 1.165) is 12.1 Å². The van der Waals surface area contributed by atoms with Crippen LogP contribution in [0.2, 0.25) is 0 Å². The van der Waals surface area contributed by atoms with Crippen LogP contribution in [0.25, 0.3) is 0 Å². The highest BCUT2D eigenvalue weighted by Gasteiger charge is 2.19. The van der Waals surface area contributed by atoms with E-state index in [1.807, 2.05) is 6.07 Å². The minimum absolute atomic E-state index is 0.0235. The predicted molar refractivity (Wildman–Crippen MR) is 111 cm³/mol. The van der Waals surface area contributed by atoms with Gasteiger partial charge in [-0.3, -0.25) is 19.7 Å². The first-order valence-electron chi connectivity index (χ1n) is 8.82. The second kappa shape index (κ2) is 8.82. The van der Waals surface area contributed by atoms with Gasteiger partial charge in [0.1, 0.15) is 11.5 Å². The van der Waals surface area contributed by atoms with Gasteiger partial charge in [0.15, 0.2) is 0 Å². The molecule has 0 atom stereocenters. The SMILES string of the molecule is CC(=O)Nc1ccc(F)c(NC(=O)c2ccc(Nc3ccccc3)c([N+](=O)[O-])c2)c1. The zero-order chi connectivity index (χ0) is 21.7. The summed E-state index contributed by atoms with van der Waals surface area (Å²) in [6, 6.07) is 16.5. The molecule has 0 radical (unpaired) electrons. The van der Waals surface area contributed by atoms with Gasteiger partial charge in [0, 0.05) is 29.9 Å². The maximum absolute atomic E-state index is 14.1. The van der Waals surface area contributed by atoms with E-state index in [0.29, 0.717) is 11.4 Å². The van der Waals surface area contributed by atoms with Crippen LogP contribution in [0.4, 0.5) is 32.8 Å². The van der Waals surface area contributed by atoms with Crippen molar-refractivity contribution in [1.82, 2.24) is 0 Å². The van der Waals surface area contributed by atoms with E-state index in [1.165, 1.54) is 31.2 Å². The lowest BCUT2D eigenvalue weighted by Crippen LogP contribution is -2.14. The maximum atomic E-state index is 14.1. The lowest BCUT2D eigenvalue weighted by Gasteiger charge is -2.11. The van der Waals surface area contributed by atoms with Gasteiger partial charge in [-0.05, 0) is 42.5 Å². The Morgan fingerprint density at radius 2 is 1.63 bits per heavy atom. The summed E-state index contributed by atoms with van der Waals surface area (Å²) in [5.74, 6) is -1.80. The third-order valence-corrected chi connectivity index (χ3v) is 4.04. The molecule has 2 amide bonds. The molecule has 0 heterocycles. The standard InChI is InChI=1S/C21H17FN4O4/c1-13(27)23-16-8-9-17(22)19(12-16)25-21(28)14-7-10-18(20(11-14)26(29)30)24-15-5-3-2-4-6-15/h2-12,24H,1H3,(H,23,27)(H,25,28). The molecule has 0 spiro atoms. The summed E-state index contributed by atoms with van der Waals surface area (Å²) in [5.41, 5.74) is 0.660. The number of nitrogens with one attached hydrogen (secondary N) is 3. The van der Waals surface area contributed by atoms with Crippen LogP contribution in [-0.2, 0) is 4.79 Å². The van der Waals surface area contributed by atoms with Crippen molar-refractivity contribution in [3.05, 3.63) is 88.2 Å². The summed E-state index contributed by atoms with van der Waals surface area (Å²) in [6.07, 6.45) is 0. The fourth-order valence-corrected chi connectivity index (χ4v) is 2.70. The third kappa shape index (κ3) is 4.96. The van der Waals surface area contributed by atoms with Gasteiger partial charge in [-0.25, -0.2) is 4.39 Å². The Bertz CT molecular complexity index is 1120. The summed E-state index contributed by atoms with van der Waals surface area (Å²) in [7, 11) is 0. The van der Waals surface area contributed by atoms with Crippen LogP contribution in [0.15, 0.2) is 66.7 Å². The lowest BCUT2D eigenvalue weighted by molar-refractivity contribution is -0.383. The molecule has 0 saturated heterocycles. The Balaban J connectivity index is 1.85. The molecule has 0 fully saturated rings. The highest BCUT2D eigenvalue weighted by molar-refractivity contribution is 6.05. The number of carbonyl (C=O) groups excluding carboxylic acids is 2. The van der Waals surface area contributed by atoms with Crippen LogP contribution in [0.1, 0.15) is 17.3 Å². The van der Waals surface area contributed by atoms with Crippen LogP contribution in [0, 0.1) is 15.9 Å². The van der Waals surface area contributed by atoms with Crippen LogP contribution >= 0.6 is 0 Å². The molecule has 0 aliphatic carbocycles. The quantitative estimate of drug-likeness (QED) is 0.405. The molecule has 3 rings (SSSR count). The van der Waals surface area contributed by atoms with Crippen LogP contribution < -0.4 is 16.0 Å². The van der Waals surface area contributed by atoms with Crippen LogP contribution in [-0.4, -0.2) is 16.7 Å². The Hall–Kier alpha value is -4.27. The molecule has 0 aromatic heterocycles. The molecule has 3 N–H and O–H groups in total. The van der Waals surface area contributed by atoms with Crippen molar-refractivity contribution in [2.75, 3.05) is 16.0 Å². The first-order valence-corrected chi connectivity index (χ1v) is 8.82. The van der Waals surface area contributed by atoms with Gasteiger partial charge >= 0.3 is 0 Å². The molecule has 9 heteroatoms. The van der Waals surface area contributed by atoms with Gasteiger partial charge in [0.25, 0.3) is 11.6 Å². The van der Waals surface area contributed by atoms with E-state index in [-0.39, 0.29) is 28.5 Å². The van der Waals surface area contributed by atoms with Gasteiger partial charge in [-0.15, -0.1) is 0 Å². The summed E-state index contributed by atoms with van der Waals surface area (Å²) in [4.78, 5) is 34.6. The third-order valence-electron chi connectivity index (χ3n) is 4.04. The van der Waals surface area contributed by atoms with Gasteiger partial charge in [-0.2, -0.15) is 0 Å². The predicted octanol–water partition coefficient (Wildman–Crippen LogP) is 4.69. The van der Waals surface area contributed by atoms with E-state index in [2.05, 4.69) is 16.0 Å². The molecule has 0 saturated carbocycles. The zero-order valence-electron chi connectivity index (χ0n) is 15.8. The zero-order valence-corrected chi connectivity index (χ0v) is 15.8. The van der Waals surface area contributed by atoms with E-state index >= 15 is 0 Å². The van der Waals surface area contributed by atoms with Gasteiger partial charge in [0.05, 0.1) is 10.6 Å². The average molecular weight is 408 g/mol. The van der Waals surface area contributed by atoms with Crippen molar-refractivity contribution in [3.63, 3.8) is 0 Å². The topological polar surface area (TPSA) is 113 Å².